The number of hydrogen-bond donors (Lipinski definition) is 1. The van der Waals surface area contributed by atoms with E-state index in [9.17, 15) is 13.2 Å². The van der Waals surface area contributed by atoms with Crippen molar-refractivity contribution in [3.63, 3.8) is 0 Å². The molecule has 1 N–H and O–H groups in total. The molecule has 1 amide bonds. The Labute approximate surface area is 159 Å². The topological polar surface area (TPSA) is 99.5 Å². The Morgan fingerprint density at radius 1 is 1.15 bits per heavy atom. The molecule has 0 aliphatic heterocycles. The van der Waals surface area contributed by atoms with E-state index in [0.717, 1.165) is 6.26 Å². The zero-order valence-corrected chi connectivity index (χ0v) is 16.0. The Morgan fingerprint density at radius 2 is 1.78 bits per heavy atom. The molecule has 0 radical (unpaired) electrons. The molecule has 2 rings (SSSR count). The number of carbonyl (C=O) groups is 1. The van der Waals surface area contributed by atoms with Gasteiger partial charge in [0.1, 0.15) is 5.75 Å². The minimum atomic E-state index is -3.54. The second-order valence-electron chi connectivity index (χ2n) is 5.75. The van der Waals surface area contributed by atoms with Crippen molar-refractivity contribution in [2.45, 2.75) is 13.3 Å². The van der Waals surface area contributed by atoms with Crippen LogP contribution in [0.2, 0.25) is 0 Å². The maximum atomic E-state index is 12.2. The number of hydrogen-bond acceptors (Lipinski definition) is 5. The fourth-order valence-electron chi connectivity index (χ4n) is 2.42. The predicted octanol–water partition coefficient (Wildman–Crippen LogP) is 2.75. The average Bonchev–Trinajstić information content (AvgIpc) is 2.63. The van der Waals surface area contributed by atoms with Gasteiger partial charge in [-0.05, 0) is 55.5 Å². The molecule has 0 fully saturated rings. The highest BCUT2D eigenvalue weighted by molar-refractivity contribution is 7.92. The number of nitrogens with zero attached hydrogens (tertiary/aromatic N) is 2. The molecule has 0 saturated carbocycles. The zero-order valence-electron chi connectivity index (χ0n) is 15.2. The molecule has 0 aliphatic rings. The van der Waals surface area contributed by atoms with Gasteiger partial charge in [-0.2, -0.15) is 5.26 Å². The molecule has 0 aliphatic carbocycles. The first-order chi connectivity index (χ1) is 12.8. The molecule has 142 valence electrons. The average molecular weight is 387 g/mol. The van der Waals surface area contributed by atoms with Gasteiger partial charge in [-0.3, -0.25) is 9.10 Å². The quantitative estimate of drug-likeness (QED) is 0.751. The Kier molecular flexibility index (Phi) is 6.79. The third-order valence-corrected chi connectivity index (χ3v) is 4.87. The minimum Gasteiger partial charge on any atom is -0.494 e. The number of nitriles is 1. The van der Waals surface area contributed by atoms with Crippen LogP contribution in [0.15, 0.2) is 48.5 Å². The Bertz CT molecular complexity index is 917. The summed E-state index contributed by atoms with van der Waals surface area (Å²) in [6, 6.07) is 15.1. The van der Waals surface area contributed by atoms with Gasteiger partial charge in [-0.25, -0.2) is 8.42 Å². The summed E-state index contributed by atoms with van der Waals surface area (Å²) < 4.78 is 30.8. The highest BCUT2D eigenvalue weighted by Crippen LogP contribution is 2.22. The second kappa shape index (κ2) is 9.05. The molecule has 7 nitrogen and oxygen atoms in total. The predicted molar refractivity (Wildman–Crippen MR) is 104 cm³/mol. The molecule has 0 atom stereocenters. The van der Waals surface area contributed by atoms with E-state index in [0.29, 0.717) is 29.3 Å². The number of nitrogens with one attached hydrogen (secondary N) is 1. The zero-order chi connectivity index (χ0) is 19.9. The summed E-state index contributed by atoms with van der Waals surface area (Å²) in [6.07, 6.45) is 1.09. The largest absolute Gasteiger partial charge is 0.494 e. The fraction of sp³-hybridized carbons (Fsp3) is 0.263. The highest BCUT2D eigenvalue weighted by atomic mass is 32.2. The van der Waals surface area contributed by atoms with Crippen LogP contribution in [0.1, 0.15) is 18.9 Å². The van der Waals surface area contributed by atoms with Gasteiger partial charge >= 0.3 is 0 Å². The molecule has 0 heterocycles. The van der Waals surface area contributed by atoms with Crippen LogP contribution in [-0.2, 0) is 14.8 Å². The van der Waals surface area contributed by atoms with Crippen molar-refractivity contribution in [1.29, 1.82) is 5.26 Å². The third kappa shape index (κ3) is 6.01. The summed E-state index contributed by atoms with van der Waals surface area (Å²) >= 11 is 0. The number of benzene rings is 2. The lowest BCUT2D eigenvalue weighted by Crippen LogP contribution is -2.33. The van der Waals surface area contributed by atoms with E-state index in [4.69, 9.17) is 10.00 Å². The van der Waals surface area contributed by atoms with Crippen LogP contribution in [0.25, 0.3) is 0 Å². The number of ether oxygens (including phenoxy) is 1. The molecule has 2 aromatic rings. The van der Waals surface area contributed by atoms with Gasteiger partial charge in [0.15, 0.2) is 0 Å². The number of rotatable bonds is 8. The maximum Gasteiger partial charge on any atom is 0.232 e. The van der Waals surface area contributed by atoms with Gasteiger partial charge in [0, 0.05) is 18.7 Å². The molecule has 8 heteroatoms. The summed E-state index contributed by atoms with van der Waals surface area (Å²) in [5.74, 6) is 0.326. The number of sulfonamides is 1. The molecule has 2 aromatic carbocycles. The SMILES string of the molecule is CCOc1ccc(N(CCC(=O)Nc2ccc(C#N)cc2)S(C)(=O)=O)cc1. The standard InChI is InChI=1S/C19H21N3O4S/c1-3-26-18-10-8-17(9-11-18)22(27(2,24)25)13-12-19(23)21-16-6-4-15(14-20)5-7-16/h4-11H,3,12-13H2,1-2H3,(H,21,23). The minimum absolute atomic E-state index is 0.00886. The molecule has 0 unspecified atom stereocenters. The van der Waals surface area contributed by atoms with Gasteiger partial charge in [-0.1, -0.05) is 0 Å². The van der Waals surface area contributed by atoms with Gasteiger partial charge in [0.05, 0.1) is 30.2 Å². The summed E-state index contributed by atoms with van der Waals surface area (Å²) in [5.41, 5.74) is 1.50. The summed E-state index contributed by atoms with van der Waals surface area (Å²) in [4.78, 5) is 12.2. The van der Waals surface area contributed by atoms with Gasteiger partial charge in [0.25, 0.3) is 0 Å². The van der Waals surface area contributed by atoms with E-state index in [-0.39, 0.29) is 18.9 Å². The van der Waals surface area contributed by atoms with E-state index in [1.165, 1.54) is 4.31 Å². The van der Waals surface area contributed by atoms with Crippen LogP contribution in [0.4, 0.5) is 11.4 Å². The first-order valence-electron chi connectivity index (χ1n) is 8.34. The smallest absolute Gasteiger partial charge is 0.232 e. The van der Waals surface area contributed by atoms with E-state index >= 15 is 0 Å². The van der Waals surface area contributed by atoms with Crippen LogP contribution < -0.4 is 14.4 Å². The van der Waals surface area contributed by atoms with Gasteiger partial charge in [0.2, 0.25) is 15.9 Å². The Balaban J connectivity index is 2.03. The lowest BCUT2D eigenvalue weighted by atomic mass is 10.2. The second-order valence-corrected chi connectivity index (χ2v) is 7.66. The molecular formula is C19H21N3O4S. The lowest BCUT2D eigenvalue weighted by molar-refractivity contribution is -0.116. The van der Waals surface area contributed by atoms with E-state index in [1.807, 2.05) is 13.0 Å². The lowest BCUT2D eigenvalue weighted by Gasteiger charge is -2.22. The summed E-state index contributed by atoms with van der Waals surface area (Å²) in [7, 11) is -3.54. The van der Waals surface area contributed by atoms with E-state index in [1.54, 1.807) is 48.5 Å². The monoisotopic (exact) mass is 387 g/mol. The molecule has 0 aromatic heterocycles. The summed E-state index contributed by atoms with van der Waals surface area (Å²) in [5, 5.41) is 11.5. The number of carbonyl (C=O) groups excluding carboxylic acids is 1. The van der Waals surface area contributed by atoms with Crippen molar-refractivity contribution < 1.29 is 17.9 Å². The Morgan fingerprint density at radius 3 is 2.30 bits per heavy atom. The van der Waals surface area contributed by atoms with Gasteiger partial charge in [-0.15, -0.1) is 0 Å². The molecule has 0 saturated heterocycles. The number of anilines is 2. The maximum absolute atomic E-state index is 12.2. The molecular weight excluding hydrogens is 366 g/mol. The van der Waals surface area contributed by atoms with Crippen molar-refractivity contribution in [2.75, 3.05) is 29.0 Å². The van der Waals surface area contributed by atoms with E-state index in [2.05, 4.69) is 5.32 Å². The Hall–Kier alpha value is -3.05. The van der Waals surface area contributed by atoms with Crippen LogP contribution >= 0.6 is 0 Å². The van der Waals surface area contributed by atoms with Crippen molar-refractivity contribution >= 4 is 27.3 Å². The van der Waals surface area contributed by atoms with Crippen LogP contribution in [0, 0.1) is 11.3 Å². The fourth-order valence-corrected chi connectivity index (χ4v) is 3.34. The first-order valence-corrected chi connectivity index (χ1v) is 10.2. The van der Waals surface area contributed by atoms with Crippen LogP contribution in [-0.4, -0.2) is 33.7 Å². The molecule has 27 heavy (non-hydrogen) atoms. The third-order valence-electron chi connectivity index (χ3n) is 3.68. The first kappa shape index (κ1) is 20.3. The molecule has 0 spiro atoms. The van der Waals surface area contributed by atoms with Crippen molar-refractivity contribution in [3.05, 3.63) is 54.1 Å². The summed E-state index contributed by atoms with van der Waals surface area (Å²) in [6.45, 7) is 2.39. The molecule has 0 bridgehead atoms. The number of amides is 1. The van der Waals surface area contributed by atoms with Crippen LogP contribution in [0.3, 0.4) is 0 Å². The van der Waals surface area contributed by atoms with E-state index < -0.39 is 10.0 Å². The van der Waals surface area contributed by atoms with Crippen molar-refractivity contribution in [3.8, 4) is 11.8 Å². The normalized spacial score (nSPS) is 10.7. The van der Waals surface area contributed by atoms with Crippen molar-refractivity contribution in [1.82, 2.24) is 0 Å². The van der Waals surface area contributed by atoms with Crippen LogP contribution in [0.5, 0.6) is 5.75 Å². The van der Waals surface area contributed by atoms with Crippen molar-refractivity contribution in [2.24, 2.45) is 0 Å². The highest BCUT2D eigenvalue weighted by Gasteiger charge is 2.18. The van der Waals surface area contributed by atoms with Gasteiger partial charge < -0.3 is 10.1 Å².